The number of hydrogen-bond donors (Lipinski definition) is 2. The van der Waals surface area contributed by atoms with Crippen LogP contribution in [0.5, 0.6) is 5.75 Å². The summed E-state index contributed by atoms with van der Waals surface area (Å²) < 4.78 is 46.3. The monoisotopic (exact) mass is 485 g/mol. The van der Waals surface area contributed by atoms with Crippen LogP contribution in [0.3, 0.4) is 0 Å². The first-order valence-electron chi connectivity index (χ1n) is 10.9. The lowest BCUT2D eigenvalue weighted by Crippen LogP contribution is -2.53. The third-order valence-electron chi connectivity index (χ3n) is 6.10. The van der Waals surface area contributed by atoms with Crippen molar-refractivity contribution >= 4 is 11.2 Å². The first kappa shape index (κ1) is 23.2. The van der Waals surface area contributed by atoms with E-state index < -0.39 is 23.6 Å². The van der Waals surface area contributed by atoms with Gasteiger partial charge >= 0.3 is 6.61 Å². The molecule has 182 valence electrons. The zero-order valence-corrected chi connectivity index (χ0v) is 18.9. The van der Waals surface area contributed by atoms with Crippen LogP contribution in [0.25, 0.3) is 22.4 Å². The molecular weight excluding hydrogens is 463 g/mol. The normalized spacial score (nSPS) is 21.9. The van der Waals surface area contributed by atoms with Gasteiger partial charge in [-0.15, -0.1) is 0 Å². The van der Waals surface area contributed by atoms with Gasteiger partial charge in [0, 0.05) is 36.4 Å². The van der Waals surface area contributed by atoms with Crippen molar-refractivity contribution in [1.29, 1.82) is 0 Å². The van der Waals surface area contributed by atoms with E-state index in [-0.39, 0.29) is 36.5 Å². The molecule has 0 radical (unpaired) electrons. The largest absolute Gasteiger partial charge is 0.434 e. The molecule has 0 amide bonds. The van der Waals surface area contributed by atoms with Crippen LogP contribution in [-0.2, 0) is 12.1 Å². The number of aliphatic hydroxyl groups is 2. The van der Waals surface area contributed by atoms with E-state index in [1.807, 2.05) is 0 Å². The Morgan fingerprint density at radius 3 is 2.46 bits per heavy atom. The fourth-order valence-electron chi connectivity index (χ4n) is 4.59. The third kappa shape index (κ3) is 4.32. The maximum Gasteiger partial charge on any atom is 0.387 e. The summed E-state index contributed by atoms with van der Waals surface area (Å²) in [5.41, 5.74) is -0.213. The number of benzene rings is 1. The van der Waals surface area contributed by atoms with Crippen LogP contribution < -0.4 is 4.74 Å². The second-order valence-corrected chi connectivity index (χ2v) is 9.06. The van der Waals surface area contributed by atoms with Gasteiger partial charge in [-0.25, -0.2) is 24.3 Å². The molecule has 1 aliphatic carbocycles. The number of ether oxygens (including phenoxy) is 1. The predicted molar refractivity (Wildman–Crippen MR) is 119 cm³/mol. The van der Waals surface area contributed by atoms with Crippen molar-refractivity contribution in [2.24, 2.45) is 0 Å². The summed E-state index contributed by atoms with van der Waals surface area (Å²) in [6.07, 6.45) is 3.35. The first-order chi connectivity index (χ1) is 16.5. The third-order valence-corrected chi connectivity index (χ3v) is 6.10. The topological polar surface area (TPSA) is 106 Å². The van der Waals surface area contributed by atoms with E-state index in [1.165, 1.54) is 30.6 Å². The fraction of sp³-hybridized carbons (Fsp3) is 0.333. The summed E-state index contributed by atoms with van der Waals surface area (Å²) in [5.74, 6) is -0.200. The van der Waals surface area contributed by atoms with E-state index >= 15 is 0 Å². The Balaban J connectivity index is 1.48. The molecule has 3 heterocycles. The summed E-state index contributed by atoms with van der Waals surface area (Å²) in [6.45, 7) is 0.148. The van der Waals surface area contributed by atoms with Crippen LogP contribution >= 0.6 is 0 Å². The molecule has 0 atom stereocenters. The summed E-state index contributed by atoms with van der Waals surface area (Å²) >= 11 is 0. The van der Waals surface area contributed by atoms with E-state index in [0.717, 1.165) is 0 Å². The van der Waals surface area contributed by atoms with Gasteiger partial charge in [-0.05, 0) is 38.1 Å². The number of rotatable bonds is 6. The maximum atomic E-state index is 14.6. The molecule has 1 saturated carbocycles. The van der Waals surface area contributed by atoms with Crippen LogP contribution in [0.1, 0.15) is 37.0 Å². The lowest BCUT2D eigenvalue weighted by molar-refractivity contribution is -0.180. The smallest absolute Gasteiger partial charge is 0.387 e. The minimum absolute atomic E-state index is 0.0419. The van der Waals surface area contributed by atoms with Gasteiger partial charge in [0.15, 0.2) is 11.5 Å². The average Bonchev–Trinajstić information content (AvgIpc) is 3.08. The average molecular weight is 485 g/mol. The number of pyridine rings is 1. The molecule has 3 aromatic heterocycles. The van der Waals surface area contributed by atoms with Crippen molar-refractivity contribution in [3.63, 3.8) is 0 Å². The summed E-state index contributed by atoms with van der Waals surface area (Å²) in [5, 5.41) is 20.6. The number of nitrogens with zero attached hydrogens (tertiary/aromatic N) is 5. The molecule has 0 saturated heterocycles. The molecule has 1 fully saturated rings. The summed E-state index contributed by atoms with van der Waals surface area (Å²) in [4.78, 5) is 17.6. The highest BCUT2D eigenvalue weighted by atomic mass is 19.3. The first-order valence-corrected chi connectivity index (χ1v) is 10.9. The molecule has 8 nitrogen and oxygen atoms in total. The van der Waals surface area contributed by atoms with Gasteiger partial charge in [-0.2, -0.15) is 8.78 Å². The Bertz CT molecular complexity index is 1400. The van der Waals surface area contributed by atoms with Crippen molar-refractivity contribution in [2.75, 3.05) is 0 Å². The van der Waals surface area contributed by atoms with Gasteiger partial charge in [0.2, 0.25) is 0 Å². The Kier molecular flexibility index (Phi) is 5.48. The van der Waals surface area contributed by atoms with Crippen molar-refractivity contribution in [1.82, 2.24) is 24.5 Å². The van der Waals surface area contributed by atoms with E-state index in [9.17, 15) is 23.4 Å². The number of aromatic nitrogens is 5. The van der Waals surface area contributed by atoms with Crippen LogP contribution in [0.4, 0.5) is 13.2 Å². The van der Waals surface area contributed by atoms with Crippen LogP contribution in [0, 0.1) is 12.7 Å². The number of imidazole rings is 1. The molecule has 5 rings (SSSR count). The van der Waals surface area contributed by atoms with Gasteiger partial charge in [0.05, 0.1) is 17.8 Å². The predicted octanol–water partition coefficient (Wildman–Crippen LogP) is 3.72. The molecule has 1 aromatic carbocycles. The zero-order chi connectivity index (χ0) is 25.0. The number of halogens is 3. The van der Waals surface area contributed by atoms with Gasteiger partial charge in [-0.1, -0.05) is 6.07 Å². The molecule has 0 aliphatic heterocycles. The highest BCUT2D eigenvalue weighted by molar-refractivity contribution is 5.76. The fourth-order valence-corrected chi connectivity index (χ4v) is 4.59. The van der Waals surface area contributed by atoms with E-state index in [2.05, 4.69) is 24.7 Å². The second-order valence-electron chi connectivity index (χ2n) is 9.06. The summed E-state index contributed by atoms with van der Waals surface area (Å²) in [6, 6.07) is 7.23. The van der Waals surface area contributed by atoms with Crippen LogP contribution in [0.2, 0.25) is 0 Å². The molecule has 35 heavy (non-hydrogen) atoms. The van der Waals surface area contributed by atoms with Crippen molar-refractivity contribution in [3.05, 3.63) is 65.8 Å². The van der Waals surface area contributed by atoms with E-state index in [0.29, 0.717) is 28.2 Å². The van der Waals surface area contributed by atoms with E-state index in [4.69, 9.17) is 0 Å². The molecule has 2 N–H and O–H groups in total. The molecule has 1 aliphatic rings. The Hall–Kier alpha value is -3.57. The van der Waals surface area contributed by atoms with Gasteiger partial charge < -0.3 is 19.5 Å². The standard InChI is InChI=1S/C24H22F3N5O3/c1-13-30-18-7-6-17(14-8-28-21(29-9-14)24(34)11-23(2,33)12-24)31-20(18)32(13)10-15-16(25)4-3-5-19(15)35-22(26)27/h3-9,22,33-34H,10-12H2,1-2H3/t23-,24+. The van der Waals surface area contributed by atoms with Crippen molar-refractivity contribution in [2.45, 2.75) is 51.0 Å². The van der Waals surface area contributed by atoms with Gasteiger partial charge in [0.25, 0.3) is 0 Å². The Morgan fingerprint density at radius 1 is 1.09 bits per heavy atom. The van der Waals surface area contributed by atoms with Crippen LogP contribution in [-0.4, -0.2) is 46.9 Å². The number of alkyl halides is 2. The Labute approximate surface area is 198 Å². The zero-order valence-electron chi connectivity index (χ0n) is 18.9. The highest BCUT2D eigenvalue weighted by Crippen LogP contribution is 2.46. The SMILES string of the molecule is Cc1nc2ccc(-c3cnc([C@]4(O)C[C@@](C)(O)C4)nc3)nc2n1Cc1c(F)cccc1OC(F)F. The van der Waals surface area contributed by atoms with Crippen LogP contribution in [0.15, 0.2) is 42.7 Å². The van der Waals surface area contributed by atoms with E-state index in [1.54, 1.807) is 30.5 Å². The minimum atomic E-state index is -3.09. The lowest BCUT2D eigenvalue weighted by Gasteiger charge is -2.46. The lowest BCUT2D eigenvalue weighted by atomic mass is 9.68. The molecule has 11 heteroatoms. The number of aryl methyl sites for hydroxylation is 1. The highest BCUT2D eigenvalue weighted by Gasteiger charge is 2.53. The molecule has 4 aromatic rings. The molecule has 0 unspecified atom stereocenters. The second kappa shape index (κ2) is 8.28. The van der Waals surface area contributed by atoms with Gasteiger partial charge in [-0.3, -0.25) is 0 Å². The minimum Gasteiger partial charge on any atom is -0.434 e. The Morgan fingerprint density at radius 2 is 1.80 bits per heavy atom. The molecule has 0 spiro atoms. The summed E-state index contributed by atoms with van der Waals surface area (Å²) in [7, 11) is 0. The van der Waals surface area contributed by atoms with Gasteiger partial charge in [0.1, 0.15) is 28.5 Å². The van der Waals surface area contributed by atoms with Crippen molar-refractivity contribution < 1.29 is 28.1 Å². The number of hydrogen-bond acceptors (Lipinski definition) is 7. The maximum absolute atomic E-state index is 14.6. The molecule has 0 bridgehead atoms. The van der Waals surface area contributed by atoms with Crippen molar-refractivity contribution in [3.8, 4) is 17.0 Å². The molecular formula is C24H22F3N5O3. The number of fused-ring (bicyclic) bond motifs is 1. The quantitative estimate of drug-likeness (QED) is 0.429.